The van der Waals surface area contributed by atoms with Gasteiger partial charge in [0.25, 0.3) is 5.91 Å². The highest BCUT2D eigenvalue weighted by Crippen LogP contribution is 2.20. The SMILES string of the molecule is C[C@@H]1CN(C(=O)OC(C)(C)C)C[C@@H](C)N1C(=O)c1ccc[nH]1. The summed E-state index contributed by atoms with van der Waals surface area (Å²) in [4.78, 5) is 31.2. The van der Waals surface area contributed by atoms with Crippen LogP contribution < -0.4 is 0 Å². The van der Waals surface area contributed by atoms with Gasteiger partial charge in [0.15, 0.2) is 0 Å². The van der Waals surface area contributed by atoms with Crippen LogP contribution in [-0.4, -0.2) is 57.6 Å². The van der Waals surface area contributed by atoms with Crippen LogP contribution >= 0.6 is 0 Å². The van der Waals surface area contributed by atoms with Crippen LogP contribution in [0, 0.1) is 0 Å². The number of carbonyl (C=O) groups excluding carboxylic acids is 2. The molecule has 0 aliphatic carbocycles. The third-order valence-corrected chi connectivity index (χ3v) is 3.63. The summed E-state index contributed by atoms with van der Waals surface area (Å²) in [6.45, 7) is 10.4. The largest absolute Gasteiger partial charge is 0.444 e. The second kappa shape index (κ2) is 6.02. The number of carbonyl (C=O) groups is 2. The first-order chi connectivity index (χ1) is 10.2. The van der Waals surface area contributed by atoms with Crippen molar-refractivity contribution in [3.8, 4) is 0 Å². The molecule has 2 rings (SSSR count). The molecule has 2 heterocycles. The Labute approximate surface area is 131 Å². The Bertz CT molecular complexity index is 521. The fourth-order valence-electron chi connectivity index (χ4n) is 2.80. The van der Waals surface area contributed by atoms with Gasteiger partial charge in [0.05, 0.1) is 0 Å². The number of amides is 2. The van der Waals surface area contributed by atoms with Crippen LogP contribution in [0.2, 0.25) is 0 Å². The number of rotatable bonds is 1. The number of aromatic amines is 1. The van der Waals surface area contributed by atoms with Crippen LogP contribution in [-0.2, 0) is 4.74 Å². The van der Waals surface area contributed by atoms with E-state index in [2.05, 4.69) is 4.98 Å². The molecule has 0 bridgehead atoms. The van der Waals surface area contributed by atoms with Crippen molar-refractivity contribution in [2.24, 2.45) is 0 Å². The van der Waals surface area contributed by atoms with E-state index in [1.165, 1.54) is 0 Å². The molecule has 1 aromatic heterocycles. The van der Waals surface area contributed by atoms with Crippen LogP contribution in [0.15, 0.2) is 18.3 Å². The van der Waals surface area contributed by atoms with Crippen molar-refractivity contribution in [2.75, 3.05) is 13.1 Å². The van der Waals surface area contributed by atoms with Gasteiger partial charge in [0.2, 0.25) is 0 Å². The molecule has 0 unspecified atom stereocenters. The average Bonchev–Trinajstić information content (AvgIpc) is 2.89. The molecule has 0 saturated carbocycles. The number of hydrogen-bond acceptors (Lipinski definition) is 3. The zero-order valence-electron chi connectivity index (χ0n) is 13.9. The molecule has 1 saturated heterocycles. The second-order valence-electron chi connectivity index (χ2n) is 6.88. The van der Waals surface area contributed by atoms with Gasteiger partial charge in [-0.05, 0) is 46.8 Å². The number of H-pyrrole nitrogens is 1. The maximum atomic E-state index is 12.5. The molecule has 122 valence electrons. The molecule has 6 nitrogen and oxygen atoms in total. The predicted molar refractivity (Wildman–Crippen MR) is 83.7 cm³/mol. The van der Waals surface area contributed by atoms with E-state index in [1.807, 2.05) is 39.5 Å². The topological polar surface area (TPSA) is 65.6 Å². The lowest BCUT2D eigenvalue weighted by molar-refractivity contribution is -0.00501. The van der Waals surface area contributed by atoms with Gasteiger partial charge in [-0.1, -0.05) is 0 Å². The van der Waals surface area contributed by atoms with E-state index in [4.69, 9.17) is 4.74 Å². The third kappa shape index (κ3) is 3.61. The minimum atomic E-state index is -0.513. The highest BCUT2D eigenvalue weighted by Gasteiger charge is 2.36. The summed E-state index contributed by atoms with van der Waals surface area (Å²) in [5.41, 5.74) is 0.0604. The fraction of sp³-hybridized carbons (Fsp3) is 0.625. The van der Waals surface area contributed by atoms with Crippen LogP contribution in [0.4, 0.5) is 4.79 Å². The van der Waals surface area contributed by atoms with Crippen molar-refractivity contribution in [3.63, 3.8) is 0 Å². The number of ether oxygens (including phenoxy) is 1. The minimum absolute atomic E-state index is 0.0335. The molecule has 6 heteroatoms. The molecule has 1 N–H and O–H groups in total. The molecular formula is C16H25N3O3. The molecule has 1 aromatic rings. The highest BCUT2D eigenvalue weighted by molar-refractivity contribution is 5.93. The van der Waals surface area contributed by atoms with Gasteiger partial charge >= 0.3 is 6.09 Å². The lowest BCUT2D eigenvalue weighted by Gasteiger charge is -2.44. The van der Waals surface area contributed by atoms with E-state index in [0.717, 1.165) is 0 Å². The molecule has 1 aliphatic rings. The predicted octanol–water partition coefficient (Wildman–Crippen LogP) is 2.48. The summed E-state index contributed by atoms with van der Waals surface area (Å²) in [5, 5.41) is 0. The highest BCUT2D eigenvalue weighted by atomic mass is 16.6. The summed E-state index contributed by atoms with van der Waals surface area (Å²) >= 11 is 0. The van der Waals surface area contributed by atoms with Crippen LogP contribution in [0.25, 0.3) is 0 Å². The second-order valence-corrected chi connectivity index (χ2v) is 6.88. The zero-order chi connectivity index (χ0) is 16.5. The zero-order valence-corrected chi connectivity index (χ0v) is 13.9. The Morgan fingerprint density at radius 2 is 1.82 bits per heavy atom. The van der Waals surface area contributed by atoms with Gasteiger partial charge in [-0.2, -0.15) is 0 Å². The molecule has 2 atom stereocenters. The van der Waals surface area contributed by atoms with Crippen LogP contribution in [0.3, 0.4) is 0 Å². The average molecular weight is 307 g/mol. The summed E-state index contributed by atoms with van der Waals surface area (Å²) in [7, 11) is 0. The van der Waals surface area contributed by atoms with Crippen molar-refractivity contribution in [1.29, 1.82) is 0 Å². The molecule has 0 radical (unpaired) electrons. The van der Waals surface area contributed by atoms with Gasteiger partial charge in [0, 0.05) is 31.4 Å². The molecule has 1 fully saturated rings. The van der Waals surface area contributed by atoms with Crippen LogP contribution in [0.5, 0.6) is 0 Å². The smallest absolute Gasteiger partial charge is 0.410 e. The lowest BCUT2D eigenvalue weighted by Crippen LogP contribution is -2.60. The number of nitrogens with one attached hydrogen (secondary N) is 1. The number of piperazine rings is 1. The Kier molecular flexibility index (Phi) is 4.49. The van der Waals surface area contributed by atoms with E-state index in [-0.39, 0.29) is 24.1 Å². The molecule has 0 spiro atoms. The first-order valence-corrected chi connectivity index (χ1v) is 7.63. The van der Waals surface area contributed by atoms with Gasteiger partial charge in [0.1, 0.15) is 11.3 Å². The molecular weight excluding hydrogens is 282 g/mol. The summed E-state index contributed by atoms with van der Waals surface area (Å²) in [6.07, 6.45) is 1.41. The maximum Gasteiger partial charge on any atom is 0.410 e. The standard InChI is InChI=1S/C16H25N3O3/c1-11-9-18(15(21)22-16(3,4)5)10-12(2)19(11)14(20)13-7-6-8-17-13/h6-8,11-12,17H,9-10H2,1-5H3/t11-,12-/m1/s1. The Balaban J connectivity index is 2.06. The van der Waals surface area contributed by atoms with Crippen molar-refractivity contribution >= 4 is 12.0 Å². The van der Waals surface area contributed by atoms with E-state index in [0.29, 0.717) is 18.8 Å². The molecule has 2 amide bonds. The van der Waals surface area contributed by atoms with Crippen LogP contribution in [0.1, 0.15) is 45.1 Å². The molecule has 1 aliphatic heterocycles. The minimum Gasteiger partial charge on any atom is -0.444 e. The molecule has 22 heavy (non-hydrogen) atoms. The Morgan fingerprint density at radius 1 is 1.23 bits per heavy atom. The van der Waals surface area contributed by atoms with Crippen molar-refractivity contribution in [2.45, 2.75) is 52.3 Å². The normalized spacial score (nSPS) is 22.6. The van der Waals surface area contributed by atoms with E-state index in [9.17, 15) is 9.59 Å². The van der Waals surface area contributed by atoms with Gasteiger partial charge in [-0.15, -0.1) is 0 Å². The van der Waals surface area contributed by atoms with E-state index < -0.39 is 5.60 Å². The third-order valence-electron chi connectivity index (χ3n) is 3.63. The number of hydrogen-bond donors (Lipinski definition) is 1. The Hall–Kier alpha value is -1.98. The van der Waals surface area contributed by atoms with Crippen molar-refractivity contribution in [1.82, 2.24) is 14.8 Å². The summed E-state index contributed by atoms with van der Waals surface area (Å²) in [5.74, 6) is -0.0335. The quantitative estimate of drug-likeness (QED) is 0.867. The van der Waals surface area contributed by atoms with Crippen molar-refractivity contribution in [3.05, 3.63) is 24.0 Å². The summed E-state index contributed by atoms with van der Waals surface area (Å²) < 4.78 is 5.42. The van der Waals surface area contributed by atoms with E-state index in [1.54, 1.807) is 23.2 Å². The number of nitrogens with zero attached hydrogens (tertiary/aromatic N) is 2. The van der Waals surface area contributed by atoms with Gasteiger partial charge < -0.3 is 19.5 Å². The van der Waals surface area contributed by atoms with Gasteiger partial charge in [-0.3, -0.25) is 4.79 Å². The fourth-order valence-corrected chi connectivity index (χ4v) is 2.80. The molecule has 0 aromatic carbocycles. The monoisotopic (exact) mass is 307 g/mol. The lowest BCUT2D eigenvalue weighted by atomic mass is 10.1. The Morgan fingerprint density at radius 3 is 2.27 bits per heavy atom. The van der Waals surface area contributed by atoms with Gasteiger partial charge in [-0.25, -0.2) is 4.79 Å². The first-order valence-electron chi connectivity index (χ1n) is 7.63. The first kappa shape index (κ1) is 16.4. The summed E-state index contributed by atoms with van der Waals surface area (Å²) in [6, 6.07) is 3.45. The van der Waals surface area contributed by atoms with E-state index >= 15 is 0 Å². The maximum absolute atomic E-state index is 12.5. The number of aromatic nitrogens is 1. The van der Waals surface area contributed by atoms with Crippen molar-refractivity contribution < 1.29 is 14.3 Å².